The van der Waals surface area contributed by atoms with Gasteiger partial charge in [-0.1, -0.05) is 0 Å². The summed E-state index contributed by atoms with van der Waals surface area (Å²) in [6, 6.07) is 0. The van der Waals surface area contributed by atoms with Crippen LogP contribution in [0.4, 0.5) is 0 Å². The van der Waals surface area contributed by atoms with Crippen LogP contribution in [0.5, 0.6) is 0 Å². The van der Waals surface area contributed by atoms with Crippen molar-refractivity contribution in [3.8, 4) is 0 Å². The molecule has 5 heteroatoms. The van der Waals surface area contributed by atoms with Crippen molar-refractivity contribution in [2.75, 3.05) is 60.3 Å². The number of aliphatic hydroxyl groups is 1. The molecular formula is C13H27NO4. The van der Waals surface area contributed by atoms with Crippen LogP contribution in [0.2, 0.25) is 0 Å². The minimum absolute atomic E-state index is 0.376. The molecule has 1 atom stereocenters. The molecule has 5 nitrogen and oxygen atoms in total. The van der Waals surface area contributed by atoms with Crippen LogP contribution in [-0.2, 0) is 14.2 Å². The first-order valence-corrected chi connectivity index (χ1v) is 6.73. The quantitative estimate of drug-likeness (QED) is 0.608. The molecule has 0 radical (unpaired) electrons. The predicted molar refractivity (Wildman–Crippen MR) is 69.7 cm³/mol. The van der Waals surface area contributed by atoms with Gasteiger partial charge in [-0.05, 0) is 25.8 Å². The highest BCUT2D eigenvalue weighted by Gasteiger charge is 2.17. The van der Waals surface area contributed by atoms with Gasteiger partial charge in [-0.25, -0.2) is 0 Å². The fourth-order valence-electron chi connectivity index (χ4n) is 2.22. The number of aliphatic hydroxyl groups excluding tert-OH is 1. The van der Waals surface area contributed by atoms with Crippen molar-refractivity contribution in [2.45, 2.75) is 18.9 Å². The average Bonchev–Trinajstić information content (AvgIpc) is 2.35. The average molecular weight is 261 g/mol. The van der Waals surface area contributed by atoms with E-state index in [0.29, 0.717) is 32.3 Å². The van der Waals surface area contributed by atoms with Gasteiger partial charge in [0.25, 0.3) is 0 Å². The van der Waals surface area contributed by atoms with Crippen LogP contribution >= 0.6 is 0 Å². The number of methoxy groups -OCH3 is 1. The molecule has 18 heavy (non-hydrogen) atoms. The first-order valence-electron chi connectivity index (χ1n) is 6.73. The van der Waals surface area contributed by atoms with Crippen molar-refractivity contribution in [3.05, 3.63) is 0 Å². The molecule has 1 fully saturated rings. The zero-order chi connectivity index (χ0) is 13.2. The smallest absolute Gasteiger partial charge is 0.0900 e. The fourth-order valence-corrected chi connectivity index (χ4v) is 2.22. The summed E-state index contributed by atoms with van der Waals surface area (Å²) in [6.07, 6.45) is 1.84. The molecule has 1 aliphatic heterocycles. The largest absolute Gasteiger partial charge is 0.389 e. The van der Waals surface area contributed by atoms with E-state index in [1.165, 1.54) is 0 Å². The molecule has 0 spiro atoms. The molecule has 0 aliphatic carbocycles. The summed E-state index contributed by atoms with van der Waals surface area (Å²) in [7, 11) is 3.69. The maximum atomic E-state index is 9.82. The molecule has 1 aliphatic rings. The van der Waals surface area contributed by atoms with E-state index in [9.17, 15) is 5.11 Å². The Labute approximate surface area is 110 Å². The highest BCUT2D eigenvalue weighted by atomic mass is 16.5. The van der Waals surface area contributed by atoms with E-state index in [1.807, 2.05) is 7.05 Å². The molecule has 0 aromatic carbocycles. The van der Waals surface area contributed by atoms with Gasteiger partial charge in [0, 0.05) is 33.4 Å². The number of hydrogen-bond acceptors (Lipinski definition) is 5. The van der Waals surface area contributed by atoms with Gasteiger partial charge in [0.05, 0.1) is 25.9 Å². The van der Waals surface area contributed by atoms with Crippen molar-refractivity contribution >= 4 is 0 Å². The maximum absolute atomic E-state index is 9.82. The Morgan fingerprint density at radius 1 is 1.33 bits per heavy atom. The Balaban J connectivity index is 2.04. The Morgan fingerprint density at radius 3 is 2.72 bits per heavy atom. The lowest BCUT2D eigenvalue weighted by Crippen LogP contribution is -2.36. The van der Waals surface area contributed by atoms with Gasteiger partial charge in [-0.15, -0.1) is 0 Å². The molecule has 1 rings (SSSR count). The van der Waals surface area contributed by atoms with Gasteiger partial charge in [-0.3, -0.25) is 0 Å². The van der Waals surface area contributed by atoms with Crippen LogP contribution in [0.3, 0.4) is 0 Å². The van der Waals surface area contributed by atoms with Crippen LogP contribution in [0.15, 0.2) is 0 Å². The highest BCUT2D eigenvalue weighted by Crippen LogP contribution is 2.15. The summed E-state index contributed by atoms with van der Waals surface area (Å²) in [4.78, 5) is 2.18. The third kappa shape index (κ3) is 7.28. The standard InChI is InChI=1S/C13H27NO4/c1-14(9-12-3-5-17-6-4-12)10-13(15)11-18-8-7-16-2/h12-13,15H,3-11H2,1-2H3. The molecule has 1 heterocycles. The molecule has 0 aromatic rings. The molecule has 0 aromatic heterocycles. The molecule has 0 amide bonds. The second kappa shape index (κ2) is 9.69. The topological polar surface area (TPSA) is 51.2 Å². The summed E-state index contributed by atoms with van der Waals surface area (Å²) < 4.78 is 15.5. The Kier molecular flexibility index (Phi) is 8.54. The lowest BCUT2D eigenvalue weighted by Gasteiger charge is -2.28. The van der Waals surface area contributed by atoms with Crippen LogP contribution < -0.4 is 0 Å². The number of ether oxygens (including phenoxy) is 3. The van der Waals surface area contributed by atoms with Gasteiger partial charge in [0.15, 0.2) is 0 Å². The van der Waals surface area contributed by atoms with E-state index >= 15 is 0 Å². The van der Waals surface area contributed by atoms with Gasteiger partial charge in [0.1, 0.15) is 0 Å². The zero-order valence-corrected chi connectivity index (χ0v) is 11.6. The van der Waals surface area contributed by atoms with Crippen molar-refractivity contribution < 1.29 is 19.3 Å². The van der Waals surface area contributed by atoms with Crippen LogP contribution in [0, 0.1) is 5.92 Å². The lowest BCUT2D eigenvalue weighted by atomic mass is 10.00. The van der Waals surface area contributed by atoms with Crippen molar-refractivity contribution in [2.24, 2.45) is 5.92 Å². The van der Waals surface area contributed by atoms with Crippen LogP contribution in [0.1, 0.15) is 12.8 Å². The summed E-state index contributed by atoms with van der Waals surface area (Å²) in [5, 5.41) is 9.82. The number of rotatable bonds is 9. The highest BCUT2D eigenvalue weighted by molar-refractivity contribution is 4.69. The number of hydrogen-bond donors (Lipinski definition) is 1. The fraction of sp³-hybridized carbons (Fsp3) is 1.00. The van der Waals surface area contributed by atoms with Gasteiger partial charge >= 0.3 is 0 Å². The van der Waals surface area contributed by atoms with E-state index in [4.69, 9.17) is 14.2 Å². The Bertz CT molecular complexity index is 197. The van der Waals surface area contributed by atoms with E-state index in [-0.39, 0.29) is 0 Å². The van der Waals surface area contributed by atoms with Crippen molar-refractivity contribution in [1.82, 2.24) is 4.90 Å². The molecule has 108 valence electrons. The van der Waals surface area contributed by atoms with Gasteiger partial charge < -0.3 is 24.2 Å². The maximum Gasteiger partial charge on any atom is 0.0900 e. The first kappa shape index (κ1) is 15.9. The van der Waals surface area contributed by atoms with Crippen molar-refractivity contribution in [1.29, 1.82) is 0 Å². The zero-order valence-electron chi connectivity index (χ0n) is 11.6. The Hall–Kier alpha value is -0.200. The van der Waals surface area contributed by atoms with E-state index in [2.05, 4.69) is 4.90 Å². The van der Waals surface area contributed by atoms with E-state index in [1.54, 1.807) is 7.11 Å². The molecule has 0 bridgehead atoms. The third-order valence-corrected chi connectivity index (χ3v) is 3.18. The van der Waals surface area contributed by atoms with Crippen LogP contribution in [0.25, 0.3) is 0 Å². The first-order chi connectivity index (χ1) is 8.72. The molecule has 0 saturated carbocycles. The molecule has 1 saturated heterocycles. The van der Waals surface area contributed by atoms with Gasteiger partial charge in [-0.2, -0.15) is 0 Å². The van der Waals surface area contributed by atoms with Crippen LogP contribution in [-0.4, -0.2) is 76.4 Å². The Morgan fingerprint density at radius 2 is 2.06 bits per heavy atom. The van der Waals surface area contributed by atoms with E-state index < -0.39 is 6.10 Å². The molecular weight excluding hydrogens is 234 g/mol. The second-order valence-corrected chi connectivity index (χ2v) is 5.00. The minimum atomic E-state index is -0.424. The summed E-state index contributed by atoms with van der Waals surface area (Å²) in [6.45, 7) is 4.93. The summed E-state index contributed by atoms with van der Waals surface area (Å²) in [5.41, 5.74) is 0. The predicted octanol–water partition coefficient (Wildman–Crippen LogP) is 0.369. The normalized spacial score (nSPS) is 19.3. The second-order valence-electron chi connectivity index (χ2n) is 5.00. The molecule has 1 N–H and O–H groups in total. The monoisotopic (exact) mass is 261 g/mol. The molecule has 1 unspecified atom stereocenters. The summed E-state index contributed by atoms with van der Waals surface area (Å²) in [5.74, 6) is 0.699. The number of nitrogens with zero attached hydrogens (tertiary/aromatic N) is 1. The third-order valence-electron chi connectivity index (χ3n) is 3.18. The van der Waals surface area contributed by atoms with Crippen molar-refractivity contribution in [3.63, 3.8) is 0 Å². The number of likely N-dealkylation sites (N-methyl/N-ethyl adjacent to an activating group) is 1. The summed E-state index contributed by atoms with van der Waals surface area (Å²) >= 11 is 0. The van der Waals surface area contributed by atoms with Gasteiger partial charge in [0.2, 0.25) is 0 Å². The minimum Gasteiger partial charge on any atom is -0.389 e. The SMILES string of the molecule is COCCOCC(O)CN(C)CC1CCOCC1. The lowest BCUT2D eigenvalue weighted by molar-refractivity contribution is -0.00268. The van der Waals surface area contributed by atoms with E-state index in [0.717, 1.165) is 32.6 Å².